The number of rotatable bonds is 6. The second kappa shape index (κ2) is 7.25. The average molecular weight is 375 g/mol. The first-order chi connectivity index (χ1) is 12.5. The van der Waals surface area contributed by atoms with Crippen molar-refractivity contribution in [2.45, 2.75) is 12.8 Å². The summed E-state index contributed by atoms with van der Waals surface area (Å²) in [6.07, 6.45) is 1.01. The van der Waals surface area contributed by atoms with Gasteiger partial charge in [-0.2, -0.15) is 0 Å². The average Bonchev–Trinajstić information content (AvgIpc) is 3.44. The molecule has 3 rings (SSSR count). The number of anilines is 2. The van der Waals surface area contributed by atoms with Gasteiger partial charge in [0.25, 0.3) is 0 Å². The summed E-state index contributed by atoms with van der Waals surface area (Å²) in [4.78, 5) is 25.2. The summed E-state index contributed by atoms with van der Waals surface area (Å²) < 4.78 is 10.2. The number of nitrogens with one attached hydrogen (secondary N) is 2. The van der Waals surface area contributed by atoms with E-state index >= 15 is 0 Å². The van der Waals surface area contributed by atoms with Crippen molar-refractivity contribution in [2.24, 2.45) is 5.41 Å². The van der Waals surface area contributed by atoms with E-state index < -0.39 is 5.41 Å². The molecular formula is C19H19ClN2O4. The van der Waals surface area contributed by atoms with E-state index in [0.29, 0.717) is 40.7 Å². The van der Waals surface area contributed by atoms with Crippen molar-refractivity contribution in [2.75, 3.05) is 24.9 Å². The highest BCUT2D eigenvalue weighted by atomic mass is 35.5. The molecule has 0 aromatic heterocycles. The Morgan fingerprint density at radius 1 is 0.923 bits per heavy atom. The van der Waals surface area contributed by atoms with E-state index in [1.54, 1.807) is 49.6 Å². The van der Waals surface area contributed by atoms with Crippen LogP contribution < -0.4 is 20.1 Å². The maximum absolute atomic E-state index is 12.6. The van der Waals surface area contributed by atoms with E-state index in [2.05, 4.69) is 10.6 Å². The Morgan fingerprint density at radius 2 is 1.50 bits per heavy atom. The lowest BCUT2D eigenvalue weighted by molar-refractivity contribution is -0.131. The fraction of sp³-hybridized carbons (Fsp3) is 0.263. The van der Waals surface area contributed by atoms with Gasteiger partial charge in [-0.25, -0.2) is 0 Å². The highest BCUT2D eigenvalue weighted by Gasteiger charge is 2.56. The van der Waals surface area contributed by atoms with Gasteiger partial charge in [-0.1, -0.05) is 11.6 Å². The molecular weight excluding hydrogens is 356 g/mol. The van der Waals surface area contributed by atoms with Crippen LogP contribution in [-0.4, -0.2) is 26.0 Å². The van der Waals surface area contributed by atoms with E-state index in [9.17, 15) is 9.59 Å². The lowest BCUT2D eigenvalue weighted by atomic mass is 10.0. The van der Waals surface area contributed by atoms with Crippen LogP contribution in [0.4, 0.5) is 11.4 Å². The van der Waals surface area contributed by atoms with Crippen molar-refractivity contribution in [1.82, 2.24) is 0 Å². The molecule has 26 heavy (non-hydrogen) atoms. The van der Waals surface area contributed by atoms with Gasteiger partial charge in [-0.05, 0) is 55.3 Å². The van der Waals surface area contributed by atoms with Gasteiger partial charge in [-0.3, -0.25) is 9.59 Å². The predicted octanol–water partition coefficient (Wildman–Crippen LogP) is 3.71. The van der Waals surface area contributed by atoms with Crippen LogP contribution in [0.3, 0.4) is 0 Å². The molecule has 2 N–H and O–H groups in total. The third-order valence-corrected chi connectivity index (χ3v) is 4.67. The molecule has 1 aliphatic carbocycles. The summed E-state index contributed by atoms with van der Waals surface area (Å²) in [5.74, 6) is 0.547. The summed E-state index contributed by atoms with van der Waals surface area (Å²) in [6.45, 7) is 0. The minimum atomic E-state index is -1.05. The Morgan fingerprint density at radius 3 is 2.00 bits per heavy atom. The molecule has 136 valence electrons. The third kappa shape index (κ3) is 3.60. The number of halogens is 1. The summed E-state index contributed by atoms with van der Waals surface area (Å²) in [5, 5.41) is 5.94. The van der Waals surface area contributed by atoms with Crippen LogP contribution in [-0.2, 0) is 9.59 Å². The molecule has 0 bridgehead atoms. The van der Waals surface area contributed by atoms with Gasteiger partial charge in [0.1, 0.15) is 16.9 Å². The van der Waals surface area contributed by atoms with Crippen molar-refractivity contribution in [3.63, 3.8) is 0 Å². The second-order valence-corrected chi connectivity index (χ2v) is 6.48. The zero-order valence-electron chi connectivity index (χ0n) is 14.5. The Kier molecular flexibility index (Phi) is 5.04. The summed E-state index contributed by atoms with van der Waals surface area (Å²) in [6, 6.07) is 11.9. The quantitative estimate of drug-likeness (QED) is 0.755. The first-order valence-corrected chi connectivity index (χ1v) is 8.47. The number of hydrogen-bond acceptors (Lipinski definition) is 4. The summed E-state index contributed by atoms with van der Waals surface area (Å²) in [7, 11) is 3.09. The Balaban J connectivity index is 1.68. The number of benzene rings is 2. The van der Waals surface area contributed by atoms with Crippen LogP contribution in [0.2, 0.25) is 5.02 Å². The van der Waals surface area contributed by atoms with Crippen molar-refractivity contribution in [1.29, 1.82) is 0 Å². The van der Waals surface area contributed by atoms with Gasteiger partial charge in [0.2, 0.25) is 11.8 Å². The first-order valence-electron chi connectivity index (χ1n) is 8.09. The lowest BCUT2D eigenvalue weighted by Gasteiger charge is -2.16. The van der Waals surface area contributed by atoms with Crippen LogP contribution in [0.5, 0.6) is 11.5 Å². The van der Waals surface area contributed by atoms with Crippen molar-refractivity contribution in [3.8, 4) is 11.5 Å². The third-order valence-electron chi connectivity index (χ3n) is 4.38. The molecule has 0 saturated heterocycles. The monoisotopic (exact) mass is 374 g/mol. The fourth-order valence-corrected chi connectivity index (χ4v) is 2.86. The van der Waals surface area contributed by atoms with Crippen molar-refractivity contribution < 1.29 is 19.1 Å². The Hall–Kier alpha value is -2.73. The number of hydrogen-bond donors (Lipinski definition) is 2. The highest BCUT2D eigenvalue weighted by Crippen LogP contribution is 2.47. The molecule has 0 aliphatic heterocycles. The van der Waals surface area contributed by atoms with Gasteiger partial charge < -0.3 is 20.1 Å². The van der Waals surface area contributed by atoms with Crippen LogP contribution in [0.15, 0.2) is 42.5 Å². The maximum atomic E-state index is 12.6. The smallest absolute Gasteiger partial charge is 0.240 e. The van der Waals surface area contributed by atoms with Crippen LogP contribution >= 0.6 is 11.6 Å². The van der Waals surface area contributed by atoms with Crippen LogP contribution in [0.25, 0.3) is 0 Å². The number of methoxy groups -OCH3 is 2. The highest BCUT2D eigenvalue weighted by molar-refractivity contribution is 6.32. The zero-order valence-corrected chi connectivity index (χ0v) is 15.2. The molecule has 1 saturated carbocycles. The topological polar surface area (TPSA) is 76.7 Å². The SMILES string of the molecule is COc1ccc(NC(=O)C2(C(=O)Nc3ccc(OC)c(Cl)c3)CC2)cc1. The molecule has 2 aromatic carbocycles. The standard InChI is InChI=1S/C19H19ClN2O4/c1-25-14-6-3-12(4-7-14)21-17(23)19(9-10-19)18(24)22-13-5-8-16(26-2)15(20)11-13/h3-8,11H,9-10H2,1-2H3,(H,21,23)(H,22,24). The molecule has 0 spiro atoms. The number of amides is 2. The lowest BCUT2D eigenvalue weighted by Crippen LogP contribution is -2.35. The Bertz CT molecular complexity index is 832. The van der Waals surface area contributed by atoms with Gasteiger partial charge in [0, 0.05) is 11.4 Å². The van der Waals surface area contributed by atoms with E-state index in [0.717, 1.165) is 0 Å². The number of carbonyl (C=O) groups excluding carboxylic acids is 2. The largest absolute Gasteiger partial charge is 0.497 e. The number of carbonyl (C=O) groups is 2. The Labute approximate surface area is 156 Å². The van der Waals surface area contributed by atoms with E-state index in [1.807, 2.05) is 0 Å². The number of ether oxygens (including phenoxy) is 2. The van der Waals surface area contributed by atoms with Gasteiger partial charge >= 0.3 is 0 Å². The van der Waals surface area contributed by atoms with Gasteiger partial charge in [0.15, 0.2) is 0 Å². The molecule has 7 heteroatoms. The molecule has 6 nitrogen and oxygen atoms in total. The first kappa shape index (κ1) is 18.1. The fourth-order valence-electron chi connectivity index (χ4n) is 2.60. The van der Waals surface area contributed by atoms with E-state index in [-0.39, 0.29) is 11.8 Å². The minimum Gasteiger partial charge on any atom is -0.497 e. The molecule has 2 aromatic rings. The second-order valence-electron chi connectivity index (χ2n) is 6.07. The molecule has 0 atom stereocenters. The zero-order chi connectivity index (χ0) is 18.7. The van der Waals surface area contributed by atoms with Crippen molar-refractivity contribution in [3.05, 3.63) is 47.5 Å². The molecule has 1 fully saturated rings. The van der Waals surface area contributed by atoms with Crippen LogP contribution in [0, 0.1) is 5.41 Å². The van der Waals surface area contributed by atoms with Gasteiger partial charge in [0.05, 0.1) is 19.2 Å². The predicted molar refractivity (Wildman–Crippen MR) is 99.9 cm³/mol. The molecule has 2 amide bonds. The molecule has 0 unspecified atom stereocenters. The van der Waals surface area contributed by atoms with Crippen molar-refractivity contribution >= 4 is 34.8 Å². The van der Waals surface area contributed by atoms with Gasteiger partial charge in [-0.15, -0.1) is 0 Å². The molecule has 0 radical (unpaired) electrons. The van der Waals surface area contributed by atoms with E-state index in [1.165, 1.54) is 7.11 Å². The maximum Gasteiger partial charge on any atom is 0.240 e. The molecule has 0 heterocycles. The summed E-state index contributed by atoms with van der Waals surface area (Å²) >= 11 is 6.07. The van der Waals surface area contributed by atoms with Crippen LogP contribution in [0.1, 0.15) is 12.8 Å². The minimum absolute atomic E-state index is 0.320. The van der Waals surface area contributed by atoms with E-state index in [4.69, 9.17) is 21.1 Å². The molecule has 1 aliphatic rings. The normalized spacial score (nSPS) is 14.3. The summed E-state index contributed by atoms with van der Waals surface area (Å²) in [5.41, 5.74) is 0.0819.